The maximum atomic E-state index is 12.0. The number of hydrogen-bond donors (Lipinski definition) is 1. The van der Waals surface area contributed by atoms with Gasteiger partial charge >= 0.3 is 0 Å². The van der Waals surface area contributed by atoms with Crippen LogP contribution in [0.3, 0.4) is 0 Å². The van der Waals surface area contributed by atoms with Crippen LogP contribution in [0.4, 0.5) is 0 Å². The van der Waals surface area contributed by atoms with Crippen molar-refractivity contribution in [2.45, 2.75) is 36.0 Å². The molecule has 2 N–H and O–H groups in total. The van der Waals surface area contributed by atoms with Gasteiger partial charge < -0.3 is 5.73 Å². The summed E-state index contributed by atoms with van der Waals surface area (Å²) in [5.41, 5.74) is 6.55. The lowest BCUT2D eigenvalue weighted by molar-refractivity contribution is 0.594. The van der Waals surface area contributed by atoms with Gasteiger partial charge in [-0.2, -0.15) is 0 Å². The maximum Gasteiger partial charge on any atom is 0.182 e. The zero-order valence-corrected chi connectivity index (χ0v) is 10.6. The topological polar surface area (TPSA) is 60.2 Å². The van der Waals surface area contributed by atoms with Gasteiger partial charge in [-0.05, 0) is 37.5 Å². The highest BCUT2D eigenvalue weighted by atomic mass is 35.5. The first-order chi connectivity index (χ1) is 7.43. The molecule has 5 heteroatoms. The van der Waals surface area contributed by atoms with Crippen molar-refractivity contribution < 1.29 is 8.42 Å². The normalized spacial score (nSPS) is 18.4. The number of hydrogen-bond acceptors (Lipinski definition) is 3. The van der Waals surface area contributed by atoms with Crippen molar-refractivity contribution in [1.82, 2.24) is 0 Å². The van der Waals surface area contributed by atoms with Crippen LogP contribution >= 0.6 is 11.6 Å². The summed E-state index contributed by atoms with van der Waals surface area (Å²) in [7, 11) is -3.21. The molecule has 1 aliphatic rings. The van der Waals surface area contributed by atoms with Crippen molar-refractivity contribution >= 4 is 21.4 Å². The van der Waals surface area contributed by atoms with E-state index in [0.717, 1.165) is 18.4 Å². The molecule has 1 fully saturated rings. The molecule has 0 saturated heterocycles. The fraction of sp³-hybridized carbons (Fsp3) is 0.455. The van der Waals surface area contributed by atoms with Crippen LogP contribution in [0.15, 0.2) is 23.1 Å². The Hall–Kier alpha value is -0.580. The zero-order valence-electron chi connectivity index (χ0n) is 8.98. The van der Waals surface area contributed by atoms with Crippen LogP contribution < -0.4 is 5.73 Å². The smallest absolute Gasteiger partial charge is 0.182 e. The van der Waals surface area contributed by atoms with E-state index in [-0.39, 0.29) is 21.2 Å². The fourth-order valence-electron chi connectivity index (χ4n) is 1.59. The first-order valence-electron chi connectivity index (χ1n) is 5.22. The Kier molecular flexibility index (Phi) is 2.99. The Morgan fingerprint density at radius 3 is 2.50 bits per heavy atom. The molecule has 3 nitrogen and oxygen atoms in total. The third-order valence-electron chi connectivity index (χ3n) is 2.75. The quantitative estimate of drug-likeness (QED) is 0.906. The van der Waals surface area contributed by atoms with Gasteiger partial charge in [-0.15, -0.1) is 0 Å². The predicted octanol–water partition coefficient (Wildman–Crippen LogP) is 2.30. The van der Waals surface area contributed by atoms with E-state index in [2.05, 4.69) is 0 Å². The van der Waals surface area contributed by atoms with Crippen LogP contribution in [0.25, 0.3) is 0 Å². The number of halogens is 1. The summed E-state index contributed by atoms with van der Waals surface area (Å²) in [6.45, 7) is 1.83. The lowest BCUT2D eigenvalue weighted by atomic mass is 10.1. The van der Waals surface area contributed by atoms with Crippen LogP contribution in [0.1, 0.15) is 31.4 Å². The molecule has 1 aliphatic carbocycles. The van der Waals surface area contributed by atoms with E-state index >= 15 is 0 Å². The van der Waals surface area contributed by atoms with Gasteiger partial charge in [0.15, 0.2) is 9.84 Å². The van der Waals surface area contributed by atoms with Crippen LogP contribution in [-0.4, -0.2) is 13.7 Å². The third kappa shape index (κ3) is 2.10. The summed E-state index contributed by atoms with van der Waals surface area (Å²) >= 11 is 6.00. The van der Waals surface area contributed by atoms with Crippen LogP contribution in [-0.2, 0) is 9.84 Å². The van der Waals surface area contributed by atoms with Gasteiger partial charge in [0, 0.05) is 6.04 Å². The van der Waals surface area contributed by atoms with Crippen molar-refractivity contribution in [2.24, 2.45) is 5.73 Å². The molecule has 0 aromatic heterocycles. The summed E-state index contributed by atoms with van der Waals surface area (Å²) in [6.07, 6.45) is 1.49. The van der Waals surface area contributed by atoms with E-state index in [4.69, 9.17) is 17.3 Å². The molecule has 1 aromatic rings. The van der Waals surface area contributed by atoms with Crippen molar-refractivity contribution in [3.05, 3.63) is 28.8 Å². The fourth-order valence-corrected chi connectivity index (χ4v) is 3.80. The average Bonchev–Trinajstić information content (AvgIpc) is 2.99. The molecule has 0 amide bonds. The molecule has 0 spiro atoms. The summed E-state index contributed by atoms with van der Waals surface area (Å²) in [4.78, 5) is 0.237. The highest BCUT2D eigenvalue weighted by Crippen LogP contribution is 2.36. The van der Waals surface area contributed by atoms with E-state index in [1.165, 1.54) is 0 Å². The van der Waals surface area contributed by atoms with Gasteiger partial charge in [0.1, 0.15) is 0 Å². The van der Waals surface area contributed by atoms with Crippen molar-refractivity contribution in [3.63, 3.8) is 0 Å². The molecular weight excluding hydrogens is 246 g/mol. The Labute approximate surface area is 101 Å². The maximum absolute atomic E-state index is 12.0. The third-order valence-corrected chi connectivity index (χ3v) is 5.49. The first kappa shape index (κ1) is 11.9. The molecule has 1 saturated carbocycles. The second-order valence-electron chi connectivity index (χ2n) is 4.22. The van der Waals surface area contributed by atoms with Gasteiger partial charge in [-0.3, -0.25) is 0 Å². The second-order valence-corrected chi connectivity index (χ2v) is 6.83. The number of sulfone groups is 1. The molecular formula is C11H14ClNO2S. The number of rotatable bonds is 3. The molecule has 0 aliphatic heterocycles. The Bertz CT molecular complexity index is 507. The van der Waals surface area contributed by atoms with Crippen LogP contribution in [0, 0.1) is 0 Å². The predicted molar refractivity (Wildman–Crippen MR) is 64.3 cm³/mol. The van der Waals surface area contributed by atoms with Crippen molar-refractivity contribution in [3.8, 4) is 0 Å². The molecule has 1 aromatic carbocycles. The highest BCUT2D eigenvalue weighted by molar-refractivity contribution is 7.92. The lowest BCUT2D eigenvalue weighted by Crippen LogP contribution is -2.09. The molecule has 1 atom stereocenters. The van der Waals surface area contributed by atoms with Gasteiger partial charge in [0.25, 0.3) is 0 Å². The zero-order chi connectivity index (χ0) is 11.9. The minimum Gasteiger partial charge on any atom is -0.324 e. The van der Waals surface area contributed by atoms with Gasteiger partial charge in [0.2, 0.25) is 0 Å². The molecule has 0 heterocycles. The number of benzene rings is 1. The molecule has 2 rings (SSSR count). The minimum atomic E-state index is -3.21. The van der Waals surface area contributed by atoms with Crippen LogP contribution in [0.5, 0.6) is 0 Å². The van der Waals surface area contributed by atoms with E-state index in [1.807, 2.05) is 6.92 Å². The lowest BCUT2D eigenvalue weighted by Gasteiger charge is -2.09. The van der Waals surface area contributed by atoms with E-state index < -0.39 is 9.84 Å². The van der Waals surface area contributed by atoms with E-state index in [9.17, 15) is 8.42 Å². The summed E-state index contributed by atoms with van der Waals surface area (Å²) in [5, 5.41) is 0.0489. The SMILES string of the molecule is CC(N)c1ccc(S(=O)(=O)C2CC2)c(Cl)c1. The summed E-state index contributed by atoms with van der Waals surface area (Å²) in [6, 6.07) is 4.79. The van der Waals surface area contributed by atoms with Gasteiger partial charge in [0.05, 0.1) is 15.2 Å². The number of nitrogens with two attached hydrogens (primary N) is 1. The molecule has 0 radical (unpaired) electrons. The largest absolute Gasteiger partial charge is 0.324 e. The van der Waals surface area contributed by atoms with E-state index in [0.29, 0.717) is 0 Å². The van der Waals surface area contributed by atoms with Crippen molar-refractivity contribution in [1.29, 1.82) is 0 Å². The first-order valence-corrected chi connectivity index (χ1v) is 7.14. The molecule has 1 unspecified atom stereocenters. The van der Waals surface area contributed by atoms with Crippen LogP contribution in [0.2, 0.25) is 5.02 Å². The molecule has 88 valence electrons. The summed E-state index contributed by atoms with van der Waals surface area (Å²) < 4.78 is 24.0. The second kappa shape index (κ2) is 4.02. The average molecular weight is 260 g/mol. The van der Waals surface area contributed by atoms with Crippen molar-refractivity contribution in [2.75, 3.05) is 0 Å². The Morgan fingerprint density at radius 2 is 2.06 bits per heavy atom. The standard InChI is InChI=1S/C11H14ClNO2S/c1-7(13)8-2-5-11(10(12)6-8)16(14,15)9-3-4-9/h2,5-7,9H,3-4,13H2,1H3. The Balaban J connectivity index is 2.43. The van der Waals surface area contributed by atoms with E-state index in [1.54, 1.807) is 18.2 Å². The molecule has 0 bridgehead atoms. The minimum absolute atomic E-state index is 0.143. The highest BCUT2D eigenvalue weighted by Gasteiger charge is 2.37. The monoisotopic (exact) mass is 259 g/mol. The van der Waals surface area contributed by atoms with Gasteiger partial charge in [-0.1, -0.05) is 17.7 Å². The Morgan fingerprint density at radius 1 is 1.44 bits per heavy atom. The van der Waals surface area contributed by atoms with Gasteiger partial charge in [-0.25, -0.2) is 8.42 Å². The molecule has 16 heavy (non-hydrogen) atoms. The summed E-state index contributed by atoms with van der Waals surface area (Å²) in [5.74, 6) is 0.